The number of ether oxygens (including phenoxy) is 1. The Balaban J connectivity index is 1.37. The molecule has 2 N–H and O–H groups in total. The van der Waals surface area contributed by atoms with Gasteiger partial charge < -0.3 is 20.3 Å². The Morgan fingerprint density at radius 1 is 1.06 bits per heavy atom. The molecule has 4 fully saturated rings. The highest BCUT2D eigenvalue weighted by atomic mass is 19.1. The average molecular weight is 430 g/mol. The van der Waals surface area contributed by atoms with E-state index in [4.69, 9.17) is 10.5 Å². The first-order valence-corrected chi connectivity index (χ1v) is 11.8. The van der Waals surface area contributed by atoms with Gasteiger partial charge >= 0.3 is 0 Å². The predicted octanol–water partition coefficient (Wildman–Crippen LogP) is 3.63. The molecule has 5 rings (SSSR count). The molecule has 0 aromatic heterocycles. The van der Waals surface area contributed by atoms with Gasteiger partial charge in [-0.3, -0.25) is 4.79 Å². The van der Waals surface area contributed by atoms with E-state index >= 15 is 0 Å². The largest absolute Gasteiger partial charge is 0.489 e. The first-order chi connectivity index (χ1) is 15.0. The van der Waals surface area contributed by atoms with Crippen molar-refractivity contribution in [1.82, 2.24) is 9.80 Å². The fourth-order valence-corrected chi connectivity index (χ4v) is 5.76. The van der Waals surface area contributed by atoms with Gasteiger partial charge in [0.05, 0.1) is 6.33 Å². The number of carbonyl (C=O) groups excluding carboxylic acids is 1. The fourth-order valence-electron chi connectivity index (χ4n) is 5.76. The topological polar surface area (TPSA) is 58.8 Å². The lowest BCUT2D eigenvalue weighted by molar-refractivity contribution is -0.151. The van der Waals surface area contributed by atoms with Gasteiger partial charge in [-0.1, -0.05) is 19.1 Å². The Kier molecular flexibility index (Phi) is 6.68. The third-order valence-corrected chi connectivity index (χ3v) is 8.11. The molecule has 4 aliphatic rings. The lowest BCUT2D eigenvalue weighted by Crippen LogP contribution is -2.56. The Hall–Kier alpha value is -1.92. The molecule has 2 bridgehead atoms. The maximum Gasteiger partial charge on any atom is 0.228 e. The van der Waals surface area contributed by atoms with Crippen LogP contribution >= 0.6 is 0 Å². The summed E-state index contributed by atoms with van der Waals surface area (Å²) in [6.07, 6.45) is 6.76. The highest BCUT2D eigenvalue weighted by Gasteiger charge is 2.53. The number of carbonyl (C=O) groups is 1. The summed E-state index contributed by atoms with van der Waals surface area (Å²) in [7, 11) is 0. The van der Waals surface area contributed by atoms with Crippen LogP contribution < -0.4 is 10.5 Å². The van der Waals surface area contributed by atoms with Crippen LogP contribution in [0.2, 0.25) is 0 Å². The average Bonchev–Trinajstić information content (AvgIpc) is 2.85. The van der Waals surface area contributed by atoms with E-state index in [-0.39, 0.29) is 24.0 Å². The Morgan fingerprint density at radius 2 is 1.68 bits per heavy atom. The first-order valence-electron chi connectivity index (χ1n) is 11.8. The molecule has 1 saturated heterocycles. The van der Waals surface area contributed by atoms with E-state index in [0.29, 0.717) is 17.8 Å². The molecule has 1 heterocycles. The van der Waals surface area contributed by atoms with Crippen LogP contribution in [-0.2, 0) is 10.2 Å². The summed E-state index contributed by atoms with van der Waals surface area (Å²) in [6.45, 7) is 7.36. The number of amides is 1. The van der Waals surface area contributed by atoms with Crippen molar-refractivity contribution in [2.24, 2.45) is 11.1 Å². The summed E-state index contributed by atoms with van der Waals surface area (Å²) in [6, 6.07) is 8.26. The molecule has 1 aromatic rings. The zero-order valence-corrected chi connectivity index (χ0v) is 18.7. The summed E-state index contributed by atoms with van der Waals surface area (Å²) in [5, 5.41) is 0. The molecule has 170 valence electrons. The molecule has 3 saturated carbocycles. The second-order valence-electron chi connectivity index (χ2n) is 9.57. The van der Waals surface area contributed by atoms with Gasteiger partial charge in [-0.15, -0.1) is 0 Å². The van der Waals surface area contributed by atoms with Crippen molar-refractivity contribution in [2.45, 2.75) is 50.9 Å². The van der Waals surface area contributed by atoms with Crippen LogP contribution in [0.5, 0.6) is 5.75 Å². The number of nitrogens with zero attached hydrogens (tertiary/aromatic N) is 2. The van der Waals surface area contributed by atoms with Crippen molar-refractivity contribution in [3.8, 4) is 5.75 Å². The second-order valence-corrected chi connectivity index (χ2v) is 9.57. The molecule has 0 unspecified atom stereocenters. The second kappa shape index (κ2) is 9.29. The van der Waals surface area contributed by atoms with Crippen LogP contribution in [-0.4, -0.2) is 61.6 Å². The number of hydrogen-bond acceptors (Lipinski definition) is 4. The molecule has 31 heavy (non-hydrogen) atoms. The van der Waals surface area contributed by atoms with Crippen molar-refractivity contribution in [3.63, 3.8) is 0 Å². The number of rotatable bonds is 7. The molecule has 1 aliphatic heterocycles. The molecular weight excluding hydrogens is 393 g/mol. The van der Waals surface area contributed by atoms with Crippen LogP contribution in [0.25, 0.3) is 0 Å². The lowest BCUT2D eigenvalue weighted by atomic mass is 9.51. The van der Waals surface area contributed by atoms with E-state index in [1.54, 1.807) is 0 Å². The molecule has 1 aromatic carbocycles. The van der Waals surface area contributed by atoms with Crippen molar-refractivity contribution >= 4 is 5.91 Å². The van der Waals surface area contributed by atoms with Crippen molar-refractivity contribution in [3.05, 3.63) is 41.7 Å². The number of halogens is 1. The van der Waals surface area contributed by atoms with Crippen LogP contribution in [0.3, 0.4) is 0 Å². The van der Waals surface area contributed by atoms with Gasteiger partial charge in [0, 0.05) is 43.7 Å². The van der Waals surface area contributed by atoms with Crippen molar-refractivity contribution < 1.29 is 13.9 Å². The third kappa shape index (κ3) is 4.37. The number of benzene rings is 1. The Bertz CT molecular complexity index is 775. The zero-order valence-electron chi connectivity index (χ0n) is 18.7. The van der Waals surface area contributed by atoms with Gasteiger partial charge in [0.2, 0.25) is 5.91 Å². The highest BCUT2D eigenvalue weighted by molar-refractivity contribution is 5.83. The molecule has 1 amide bonds. The van der Waals surface area contributed by atoms with E-state index in [2.05, 4.69) is 28.9 Å². The summed E-state index contributed by atoms with van der Waals surface area (Å²) in [5.74, 6) is 1.15. The Labute approximate surface area is 185 Å². The fraction of sp³-hybridized carbons (Fsp3) is 0.640. The lowest BCUT2D eigenvalue weighted by Gasteiger charge is -2.54. The SMILES string of the molecule is CCN1CCN(C(=O)C23CCC(c4ccc(OC/C(=C/F)CN)cc4)(CC2)CC3)CC1. The van der Waals surface area contributed by atoms with Crippen LogP contribution in [0.1, 0.15) is 51.0 Å². The number of hydrogen-bond donors (Lipinski definition) is 1. The number of likely N-dealkylation sites (N-methyl/N-ethyl adjacent to an activating group) is 1. The molecule has 5 nitrogen and oxygen atoms in total. The number of nitrogens with two attached hydrogens (primary N) is 1. The van der Waals surface area contributed by atoms with Gasteiger partial charge in [-0.25, -0.2) is 4.39 Å². The van der Waals surface area contributed by atoms with Crippen molar-refractivity contribution in [2.75, 3.05) is 45.9 Å². The molecular formula is C25H36FN3O2. The van der Waals surface area contributed by atoms with Gasteiger partial charge in [0.15, 0.2) is 0 Å². The minimum Gasteiger partial charge on any atom is -0.489 e. The van der Waals surface area contributed by atoms with E-state index in [9.17, 15) is 9.18 Å². The molecule has 3 aliphatic carbocycles. The molecule has 0 spiro atoms. The Morgan fingerprint density at radius 3 is 2.19 bits per heavy atom. The van der Waals surface area contributed by atoms with E-state index in [1.807, 2.05) is 12.1 Å². The van der Waals surface area contributed by atoms with E-state index in [0.717, 1.165) is 77.0 Å². The maximum absolute atomic E-state index is 13.4. The zero-order chi connectivity index (χ0) is 21.9. The normalized spacial score (nSPS) is 29.3. The predicted molar refractivity (Wildman–Crippen MR) is 121 cm³/mol. The summed E-state index contributed by atoms with van der Waals surface area (Å²) < 4.78 is 18.3. The molecule has 0 atom stereocenters. The smallest absolute Gasteiger partial charge is 0.228 e. The van der Waals surface area contributed by atoms with Crippen molar-refractivity contribution in [1.29, 1.82) is 0 Å². The summed E-state index contributed by atoms with van der Waals surface area (Å²) in [4.78, 5) is 18.0. The van der Waals surface area contributed by atoms with E-state index < -0.39 is 0 Å². The summed E-state index contributed by atoms with van der Waals surface area (Å²) in [5.41, 5.74) is 7.33. The first kappa shape index (κ1) is 22.3. The van der Waals surface area contributed by atoms with Gasteiger partial charge in [-0.05, 0) is 68.2 Å². The minimum absolute atomic E-state index is 0.128. The van der Waals surface area contributed by atoms with Gasteiger partial charge in [0.1, 0.15) is 12.4 Å². The molecule has 6 heteroatoms. The third-order valence-electron chi connectivity index (χ3n) is 8.11. The monoisotopic (exact) mass is 429 g/mol. The summed E-state index contributed by atoms with van der Waals surface area (Å²) >= 11 is 0. The van der Waals surface area contributed by atoms with Crippen LogP contribution in [0.15, 0.2) is 36.2 Å². The van der Waals surface area contributed by atoms with Crippen LogP contribution in [0.4, 0.5) is 4.39 Å². The number of piperazine rings is 1. The quantitative estimate of drug-likeness (QED) is 0.719. The standard InChI is InChI=1S/C25H36FN3O2/c1-2-28-13-15-29(16-14-28)23(30)25-10-7-24(8-11-25,9-12-25)21-3-5-22(6-4-21)31-19-20(17-26)18-27/h3-6,17H,2,7-16,18-19,27H2,1H3/b20-17+. The molecule has 0 radical (unpaired) electrons. The van der Waals surface area contributed by atoms with Crippen LogP contribution in [0, 0.1) is 5.41 Å². The number of fused-ring (bicyclic) bond motifs is 3. The highest BCUT2D eigenvalue weighted by Crippen LogP contribution is 2.58. The van der Waals surface area contributed by atoms with E-state index in [1.165, 1.54) is 5.56 Å². The minimum atomic E-state index is -0.128. The maximum atomic E-state index is 13.4. The van der Waals surface area contributed by atoms with Gasteiger partial charge in [-0.2, -0.15) is 0 Å². The van der Waals surface area contributed by atoms with Gasteiger partial charge in [0.25, 0.3) is 0 Å².